The molecular formula is C26H28ClF2N3O2S2. The molecule has 3 aromatic rings. The molecule has 1 atom stereocenters. The van der Waals surface area contributed by atoms with E-state index in [0.717, 1.165) is 55.6 Å². The Balaban J connectivity index is 0.000000445. The number of hydrogen-bond acceptors (Lipinski definition) is 7. The van der Waals surface area contributed by atoms with Gasteiger partial charge in [0.25, 0.3) is 0 Å². The van der Waals surface area contributed by atoms with Crippen LogP contribution in [-0.4, -0.2) is 37.9 Å². The number of benzene rings is 2. The second kappa shape index (κ2) is 13.4. The number of halogens is 3. The van der Waals surface area contributed by atoms with Gasteiger partial charge < -0.3 is 19.5 Å². The maximum absolute atomic E-state index is 14.5. The van der Waals surface area contributed by atoms with Gasteiger partial charge in [-0.05, 0) is 67.6 Å². The number of rotatable bonds is 8. The Morgan fingerprint density at radius 1 is 1.22 bits per heavy atom. The molecule has 0 bridgehead atoms. The Labute approximate surface area is 223 Å². The van der Waals surface area contributed by atoms with Gasteiger partial charge >= 0.3 is 0 Å². The highest BCUT2D eigenvalue weighted by Crippen LogP contribution is 2.36. The molecular weight excluding hydrogens is 524 g/mol. The lowest BCUT2D eigenvalue weighted by Gasteiger charge is -2.25. The summed E-state index contributed by atoms with van der Waals surface area (Å²) in [6, 6.07) is 10.0. The molecule has 2 aromatic carbocycles. The number of anilines is 1. The van der Waals surface area contributed by atoms with Crippen LogP contribution in [0.1, 0.15) is 24.8 Å². The van der Waals surface area contributed by atoms with E-state index in [0.29, 0.717) is 34.1 Å². The summed E-state index contributed by atoms with van der Waals surface area (Å²) in [5.41, 5.74) is 3.82. The average Bonchev–Trinajstić information content (AvgIpc) is 3.38. The van der Waals surface area contributed by atoms with E-state index in [1.165, 1.54) is 29.5 Å². The summed E-state index contributed by atoms with van der Waals surface area (Å²) in [7, 11) is 1.95. The molecule has 1 saturated heterocycles. The van der Waals surface area contributed by atoms with Gasteiger partial charge in [-0.15, -0.1) is 11.3 Å². The third-order valence-electron chi connectivity index (χ3n) is 5.91. The SMILES string of the molecule is CNC1COC1.Fc1ccc(C2=CCCCC2COc2cc(F)c(SNc3cscn3)cc2Cl)cc1. The van der Waals surface area contributed by atoms with Gasteiger partial charge in [-0.25, -0.2) is 13.8 Å². The van der Waals surface area contributed by atoms with Crippen LogP contribution >= 0.6 is 34.9 Å². The van der Waals surface area contributed by atoms with Gasteiger partial charge in [0.15, 0.2) is 0 Å². The van der Waals surface area contributed by atoms with E-state index in [1.54, 1.807) is 23.7 Å². The van der Waals surface area contributed by atoms with Crippen molar-refractivity contribution in [3.05, 3.63) is 75.6 Å². The molecule has 0 saturated carbocycles. The van der Waals surface area contributed by atoms with E-state index in [4.69, 9.17) is 21.1 Å². The van der Waals surface area contributed by atoms with Crippen LogP contribution in [0.5, 0.6) is 5.75 Å². The minimum atomic E-state index is -0.417. The molecule has 0 spiro atoms. The quantitative estimate of drug-likeness (QED) is 0.292. The van der Waals surface area contributed by atoms with Crippen molar-refractivity contribution in [1.82, 2.24) is 10.3 Å². The normalized spacial score (nSPS) is 17.4. The zero-order valence-corrected chi connectivity index (χ0v) is 22.2. The van der Waals surface area contributed by atoms with E-state index >= 15 is 0 Å². The van der Waals surface area contributed by atoms with Gasteiger partial charge in [-0.1, -0.05) is 29.8 Å². The average molecular weight is 552 g/mol. The van der Waals surface area contributed by atoms with Gasteiger partial charge in [-0.2, -0.15) is 0 Å². The molecule has 1 aliphatic carbocycles. The minimum Gasteiger partial charge on any atom is -0.491 e. The van der Waals surface area contributed by atoms with Crippen LogP contribution in [0.15, 0.2) is 58.3 Å². The van der Waals surface area contributed by atoms with Crippen molar-refractivity contribution < 1.29 is 18.3 Å². The lowest BCUT2D eigenvalue weighted by molar-refractivity contribution is -0.00169. The Bertz CT molecular complexity index is 1140. The molecule has 1 unspecified atom stereocenters. The summed E-state index contributed by atoms with van der Waals surface area (Å²) in [5.74, 6) is 0.450. The van der Waals surface area contributed by atoms with Crippen molar-refractivity contribution in [3.8, 4) is 5.75 Å². The van der Waals surface area contributed by atoms with Crippen molar-refractivity contribution in [1.29, 1.82) is 0 Å². The molecule has 10 heteroatoms. The standard InChI is InChI=1S/C22H19ClF2N2OS2.C4H9NO/c23-18-9-21(30-27-22-12-29-13-26-22)19(25)10-20(18)28-11-15-3-1-2-4-17(15)14-5-7-16(24)8-6-14;1-5-4-2-6-3-4/h4-10,12-13,15,27H,1-3,11H2;4-5H,2-3H2,1H3. The van der Waals surface area contributed by atoms with E-state index in [1.807, 2.05) is 12.4 Å². The zero-order valence-electron chi connectivity index (χ0n) is 19.8. The van der Waals surface area contributed by atoms with Crippen LogP contribution in [0.3, 0.4) is 0 Å². The summed E-state index contributed by atoms with van der Waals surface area (Å²) >= 11 is 8.91. The highest BCUT2D eigenvalue weighted by Gasteiger charge is 2.21. The fourth-order valence-electron chi connectivity index (χ4n) is 3.78. The predicted molar refractivity (Wildman–Crippen MR) is 144 cm³/mol. The molecule has 5 nitrogen and oxygen atoms in total. The van der Waals surface area contributed by atoms with Crippen molar-refractivity contribution in [2.24, 2.45) is 5.92 Å². The van der Waals surface area contributed by atoms with Crippen LogP contribution in [-0.2, 0) is 4.74 Å². The second-order valence-electron chi connectivity index (χ2n) is 8.42. The summed E-state index contributed by atoms with van der Waals surface area (Å²) in [6.45, 7) is 2.18. The number of allylic oxidation sites excluding steroid dienone is 1. The van der Waals surface area contributed by atoms with E-state index < -0.39 is 5.82 Å². The maximum Gasteiger partial charge on any atom is 0.147 e. The summed E-state index contributed by atoms with van der Waals surface area (Å²) in [5, 5.41) is 5.26. The molecule has 1 fully saturated rings. The number of nitrogens with one attached hydrogen (secondary N) is 2. The van der Waals surface area contributed by atoms with Crippen LogP contribution in [0.4, 0.5) is 14.6 Å². The number of aromatic nitrogens is 1. The molecule has 36 heavy (non-hydrogen) atoms. The Morgan fingerprint density at radius 3 is 2.67 bits per heavy atom. The van der Waals surface area contributed by atoms with Crippen LogP contribution in [0.25, 0.3) is 5.57 Å². The maximum atomic E-state index is 14.5. The zero-order chi connectivity index (χ0) is 25.3. The first-order valence-corrected chi connectivity index (χ1v) is 13.8. The fourth-order valence-corrected chi connectivity index (χ4v) is 5.28. The summed E-state index contributed by atoms with van der Waals surface area (Å²) in [4.78, 5) is 4.47. The van der Waals surface area contributed by atoms with Crippen molar-refractivity contribution in [2.75, 3.05) is 31.6 Å². The molecule has 192 valence electrons. The van der Waals surface area contributed by atoms with E-state index in [-0.39, 0.29) is 11.7 Å². The fraction of sp³-hybridized carbons (Fsp3) is 0.346. The third-order valence-corrected chi connectivity index (χ3v) is 7.63. The number of nitrogens with zero attached hydrogens (tertiary/aromatic N) is 1. The second-order valence-corrected chi connectivity index (χ2v) is 10.4. The molecule has 1 aliphatic heterocycles. The van der Waals surface area contributed by atoms with Gasteiger partial charge in [0.1, 0.15) is 23.2 Å². The van der Waals surface area contributed by atoms with Gasteiger partial charge in [0.2, 0.25) is 0 Å². The lowest BCUT2D eigenvalue weighted by Crippen LogP contribution is -2.43. The smallest absolute Gasteiger partial charge is 0.147 e. The Hall–Kier alpha value is -2.17. The number of likely N-dealkylation sites (N-methyl/N-ethyl adjacent to an activating group) is 1. The Kier molecular flexibility index (Phi) is 10.0. The molecule has 5 rings (SSSR count). The highest BCUT2D eigenvalue weighted by atomic mass is 35.5. The van der Waals surface area contributed by atoms with Crippen molar-refractivity contribution >= 4 is 46.3 Å². The molecule has 2 aliphatic rings. The van der Waals surface area contributed by atoms with Crippen molar-refractivity contribution in [2.45, 2.75) is 30.2 Å². The van der Waals surface area contributed by atoms with Crippen molar-refractivity contribution in [3.63, 3.8) is 0 Å². The molecule has 0 radical (unpaired) electrons. The molecule has 0 amide bonds. The Morgan fingerprint density at radius 2 is 2.03 bits per heavy atom. The first-order chi connectivity index (χ1) is 17.5. The lowest BCUT2D eigenvalue weighted by atomic mass is 9.84. The van der Waals surface area contributed by atoms with Crippen LogP contribution in [0.2, 0.25) is 5.02 Å². The topological polar surface area (TPSA) is 55.4 Å². The van der Waals surface area contributed by atoms with Gasteiger partial charge in [0, 0.05) is 17.4 Å². The molecule has 1 aromatic heterocycles. The first kappa shape index (κ1) is 26.9. The van der Waals surface area contributed by atoms with Crippen LogP contribution < -0.4 is 14.8 Å². The number of ether oxygens (including phenoxy) is 2. The summed E-state index contributed by atoms with van der Waals surface area (Å²) in [6.07, 6.45) is 5.17. The van der Waals surface area contributed by atoms with E-state index in [2.05, 4.69) is 21.1 Å². The van der Waals surface area contributed by atoms with Gasteiger partial charge in [0.05, 0.1) is 41.3 Å². The largest absolute Gasteiger partial charge is 0.491 e. The number of thiazole rings is 1. The monoisotopic (exact) mass is 551 g/mol. The third kappa shape index (κ3) is 7.43. The summed E-state index contributed by atoms with van der Waals surface area (Å²) < 4.78 is 41.6. The predicted octanol–water partition coefficient (Wildman–Crippen LogP) is 7.06. The van der Waals surface area contributed by atoms with Crippen LogP contribution in [0, 0.1) is 17.6 Å². The first-order valence-electron chi connectivity index (χ1n) is 11.7. The minimum absolute atomic E-state index is 0.142. The van der Waals surface area contributed by atoms with Gasteiger partial charge in [-0.3, -0.25) is 0 Å². The number of hydrogen-bond donors (Lipinski definition) is 2. The highest BCUT2D eigenvalue weighted by molar-refractivity contribution is 8.00. The van der Waals surface area contributed by atoms with E-state index in [9.17, 15) is 8.78 Å². The molecule has 2 heterocycles. The molecule has 2 N–H and O–H groups in total.